The van der Waals surface area contributed by atoms with Crippen LogP contribution in [0.25, 0.3) is 0 Å². The van der Waals surface area contributed by atoms with E-state index < -0.39 is 0 Å². The van der Waals surface area contributed by atoms with Crippen molar-refractivity contribution in [2.45, 2.75) is 26.9 Å². The minimum atomic E-state index is 0.379. The minimum absolute atomic E-state index is 0.379. The van der Waals surface area contributed by atoms with Gasteiger partial charge < -0.3 is 10.1 Å². The predicted octanol–water partition coefficient (Wildman–Crippen LogP) is 3.63. The molecule has 0 unspecified atom stereocenters. The third-order valence-electron chi connectivity index (χ3n) is 2.98. The van der Waals surface area contributed by atoms with E-state index in [0.29, 0.717) is 24.2 Å². The Hall–Kier alpha value is -1.65. The molecule has 1 aromatic heterocycles. The van der Waals surface area contributed by atoms with Crippen molar-refractivity contribution in [2.75, 3.05) is 18.5 Å². The molecule has 0 radical (unpaired) electrons. The van der Waals surface area contributed by atoms with Crippen LogP contribution in [0.1, 0.15) is 23.9 Å². The molecule has 1 N–H and O–H groups in total. The molecule has 0 aliphatic heterocycles. The summed E-state index contributed by atoms with van der Waals surface area (Å²) in [5.41, 5.74) is 2.58. The van der Waals surface area contributed by atoms with Crippen LogP contribution in [0.4, 0.5) is 5.82 Å². The van der Waals surface area contributed by atoms with Gasteiger partial charge in [-0.05, 0) is 25.8 Å². The molecule has 5 heteroatoms. The van der Waals surface area contributed by atoms with Crippen LogP contribution < -0.4 is 5.32 Å². The van der Waals surface area contributed by atoms with E-state index in [4.69, 9.17) is 16.3 Å². The summed E-state index contributed by atoms with van der Waals surface area (Å²) in [5.74, 6) is 1.33. The summed E-state index contributed by atoms with van der Waals surface area (Å²) in [6.07, 6.45) is 0.935. The van der Waals surface area contributed by atoms with E-state index in [1.807, 2.05) is 6.92 Å². The summed E-state index contributed by atoms with van der Waals surface area (Å²) in [6.45, 7) is 5.84. The van der Waals surface area contributed by atoms with Crippen molar-refractivity contribution in [3.63, 3.8) is 0 Å². The van der Waals surface area contributed by atoms with Crippen molar-refractivity contribution >= 4 is 17.4 Å². The molecule has 2 rings (SSSR count). The van der Waals surface area contributed by atoms with E-state index in [-0.39, 0.29) is 0 Å². The summed E-state index contributed by atoms with van der Waals surface area (Å²) in [4.78, 5) is 8.53. The number of aryl methyl sites for hydroxylation is 1. The fourth-order valence-corrected chi connectivity index (χ4v) is 2.22. The maximum atomic E-state index is 6.00. The number of hydrogen-bond donors (Lipinski definition) is 1. The number of rotatable bonds is 7. The van der Waals surface area contributed by atoms with Crippen molar-refractivity contribution in [2.24, 2.45) is 0 Å². The van der Waals surface area contributed by atoms with Crippen LogP contribution in [0.5, 0.6) is 0 Å². The van der Waals surface area contributed by atoms with Gasteiger partial charge in [-0.25, -0.2) is 9.97 Å². The molecular weight excluding hydrogens is 286 g/mol. The topological polar surface area (TPSA) is 47.0 Å². The molecule has 1 aromatic carbocycles. The van der Waals surface area contributed by atoms with Crippen molar-refractivity contribution in [1.29, 1.82) is 0 Å². The largest absolute Gasteiger partial charge is 0.374 e. The molecule has 4 nitrogen and oxygen atoms in total. The fraction of sp³-hybridized carbons (Fsp3) is 0.375. The van der Waals surface area contributed by atoms with E-state index in [2.05, 4.69) is 46.5 Å². The number of nitrogens with zero attached hydrogens (tertiary/aromatic N) is 2. The number of anilines is 1. The average Bonchev–Trinajstić information content (AvgIpc) is 2.45. The Morgan fingerprint density at radius 2 is 2.10 bits per heavy atom. The second-order valence-corrected chi connectivity index (χ2v) is 5.18. The van der Waals surface area contributed by atoms with Gasteiger partial charge in [-0.3, -0.25) is 0 Å². The Morgan fingerprint density at radius 3 is 2.86 bits per heavy atom. The monoisotopic (exact) mass is 305 g/mol. The van der Waals surface area contributed by atoms with Gasteiger partial charge >= 0.3 is 0 Å². The summed E-state index contributed by atoms with van der Waals surface area (Å²) in [7, 11) is 0. The quantitative estimate of drug-likeness (QED) is 0.794. The van der Waals surface area contributed by atoms with Crippen LogP contribution in [0.15, 0.2) is 30.3 Å². The van der Waals surface area contributed by atoms with Gasteiger partial charge in [0.15, 0.2) is 5.82 Å². The summed E-state index contributed by atoms with van der Waals surface area (Å²) >= 11 is 6.00. The van der Waals surface area contributed by atoms with Crippen LogP contribution in [0, 0.1) is 6.92 Å². The molecule has 1 heterocycles. The zero-order chi connectivity index (χ0) is 15.1. The number of aromatic nitrogens is 2. The number of hydrogen-bond acceptors (Lipinski definition) is 4. The molecule has 0 saturated carbocycles. The highest BCUT2D eigenvalue weighted by Gasteiger charge is 2.03. The molecule has 2 aromatic rings. The first-order valence-corrected chi connectivity index (χ1v) is 7.46. The Balaban J connectivity index is 1.91. The Labute approximate surface area is 130 Å². The van der Waals surface area contributed by atoms with Crippen molar-refractivity contribution in [1.82, 2.24) is 9.97 Å². The fourth-order valence-electron chi connectivity index (χ4n) is 2.02. The molecule has 112 valence electrons. The van der Waals surface area contributed by atoms with Gasteiger partial charge in [-0.2, -0.15) is 0 Å². The summed E-state index contributed by atoms with van der Waals surface area (Å²) in [6, 6.07) is 10.2. The molecule has 0 bridgehead atoms. The SMILES string of the molecule is CCOCc1nc(Cl)cc(NCCc2cccc(C)c2)n1. The first-order valence-electron chi connectivity index (χ1n) is 7.08. The summed E-state index contributed by atoms with van der Waals surface area (Å²) in [5, 5.41) is 3.71. The van der Waals surface area contributed by atoms with E-state index >= 15 is 0 Å². The highest BCUT2D eigenvalue weighted by atomic mass is 35.5. The molecule has 0 spiro atoms. The first-order chi connectivity index (χ1) is 10.2. The normalized spacial score (nSPS) is 10.6. The minimum Gasteiger partial charge on any atom is -0.374 e. The van der Waals surface area contributed by atoms with Crippen LogP contribution in [-0.2, 0) is 17.8 Å². The number of nitrogens with one attached hydrogen (secondary N) is 1. The molecule has 0 amide bonds. The standard InChI is InChI=1S/C16H20ClN3O/c1-3-21-11-16-19-14(17)10-15(20-16)18-8-7-13-6-4-5-12(2)9-13/h4-6,9-10H,3,7-8,11H2,1-2H3,(H,18,19,20). The molecule has 0 saturated heterocycles. The molecule has 0 atom stereocenters. The van der Waals surface area contributed by atoms with E-state index in [0.717, 1.165) is 18.8 Å². The second-order valence-electron chi connectivity index (χ2n) is 4.80. The summed E-state index contributed by atoms with van der Waals surface area (Å²) < 4.78 is 5.31. The smallest absolute Gasteiger partial charge is 0.158 e. The highest BCUT2D eigenvalue weighted by molar-refractivity contribution is 6.29. The zero-order valence-electron chi connectivity index (χ0n) is 12.4. The van der Waals surface area contributed by atoms with Crippen molar-refractivity contribution < 1.29 is 4.74 Å². The first kappa shape index (κ1) is 15.7. The molecule has 21 heavy (non-hydrogen) atoms. The predicted molar refractivity (Wildman–Crippen MR) is 85.7 cm³/mol. The van der Waals surface area contributed by atoms with Gasteiger partial charge in [0.1, 0.15) is 17.6 Å². The molecule has 0 fully saturated rings. The van der Waals surface area contributed by atoms with Gasteiger partial charge in [0.05, 0.1) is 0 Å². The Bertz CT molecular complexity index is 589. The lowest BCUT2D eigenvalue weighted by molar-refractivity contribution is 0.128. The lowest BCUT2D eigenvalue weighted by Crippen LogP contribution is -2.09. The Kier molecular flexibility index (Phi) is 5.96. The highest BCUT2D eigenvalue weighted by Crippen LogP contribution is 2.12. The second kappa shape index (κ2) is 7.96. The van der Waals surface area contributed by atoms with E-state index in [1.165, 1.54) is 11.1 Å². The van der Waals surface area contributed by atoms with Gasteiger partial charge in [0.2, 0.25) is 0 Å². The van der Waals surface area contributed by atoms with Gasteiger partial charge in [0, 0.05) is 19.2 Å². The van der Waals surface area contributed by atoms with Crippen LogP contribution in [-0.4, -0.2) is 23.1 Å². The van der Waals surface area contributed by atoms with Gasteiger partial charge in [0.25, 0.3) is 0 Å². The van der Waals surface area contributed by atoms with Gasteiger partial charge in [-0.1, -0.05) is 41.4 Å². The van der Waals surface area contributed by atoms with Gasteiger partial charge in [-0.15, -0.1) is 0 Å². The maximum absolute atomic E-state index is 6.00. The molecule has 0 aliphatic rings. The lowest BCUT2D eigenvalue weighted by Gasteiger charge is -2.08. The third kappa shape index (κ3) is 5.33. The van der Waals surface area contributed by atoms with Crippen LogP contribution >= 0.6 is 11.6 Å². The lowest BCUT2D eigenvalue weighted by atomic mass is 10.1. The van der Waals surface area contributed by atoms with Crippen molar-refractivity contribution in [3.8, 4) is 0 Å². The molecular formula is C16H20ClN3O. The average molecular weight is 306 g/mol. The third-order valence-corrected chi connectivity index (χ3v) is 3.17. The van der Waals surface area contributed by atoms with Crippen LogP contribution in [0.2, 0.25) is 5.15 Å². The van der Waals surface area contributed by atoms with E-state index in [9.17, 15) is 0 Å². The Morgan fingerprint density at radius 1 is 1.24 bits per heavy atom. The number of ether oxygens (including phenoxy) is 1. The zero-order valence-corrected chi connectivity index (χ0v) is 13.2. The van der Waals surface area contributed by atoms with Crippen molar-refractivity contribution in [3.05, 3.63) is 52.4 Å². The van der Waals surface area contributed by atoms with E-state index in [1.54, 1.807) is 6.07 Å². The number of halogens is 1. The van der Waals surface area contributed by atoms with Crippen LogP contribution in [0.3, 0.4) is 0 Å². The maximum Gasteiger partial charge on any atom is 0.158 e. The molecule has 0 aliphatic carbocycles. The number of benzene rings is 1.